The van der Waals surface area contributed by atoms with Crippen molar-refractivity contribution in [2.45, 2.75) is 43.6 Å². The van der Waals surface area contributed by atoms with Crippen LogP contribution in [0.4, 0.5) is 0 Å². The van der Waals surface area contributed by atoms with E-state index in [1.54, 1.807) is 23.5 Å². The highest BCUT2D eigenvalue weighted by atomic mass is 32.2. The van der Waals surface area contributed by atoms with E-state index in [1.165, 1.54) is 6.42 Å². The molecule has 0 N–H and O–H groups in total. The van der Waals surface area contributed by atoms with Crippen LogP contribution in [0.1, 0.15) is 39.5 Å². The summed E-state index contributed by atoms with van der Waals surface area (Å²) in [7, 11) is 0. The standard InChI is InChI=1S/C11H20O2S2/c1-3-5-7-11(10(12)13-4-2)14-8-6-9-15-11/h3-9H2,1-2H3. The highest BCUT2D eigenvalue weighted by Crippen LogP contribution is 2.46. The van der Waals surface area contributed by atoms with Crippen molar-refractivity contribution in [1.82, 2.24) is 0 Å². The van der Waals surface area contributed by atoms with Crippen molar-refractivity contribution in [3.63, 3.8) is 0 Å². The van der Waals surface area contributed by atoms with Gasteiger partial charge in [0.2, 0.25) is 0 Å². The van der Waals surface area contributed by atoms with Crippen LogP contribution in [-0.4, -0.2) is 28.2 Å². The van der Waals surface area contributed by atoms with Gasteiger partial charge in [0.15, 0.2) is 4.08 Å². The molecule has 0 aromatic rings. The molecule has 0 aliphatic carbocycles. The quantitative estimate of drug-likeness (QED) is 0.697. The Bertz CT molecular complexity index is 201. The molecule has 0 radical (unpaired) electrons. The van der Waals surface area contributed by atoms with E-state index in [-0.39, 0.29) is 10.0 Å². The molecule has 4 heteroatoms. The van der Waals surface area contributed by atoms with Crippen molar-refractivity contribution in [3.05, 3.63) is 0 Å². The van der Waals surface area contributed by atoms with Crippen LogP contribution in [0.25, 0.3) is 0 Å². The summed E-state index contributed by atoms with van der Waals surface area (Å²) in [4.78, 5) is 12.0. The number of hydrogen-bond donors (Lipinski definition) is 0. The maximum atomic E-state index is 12.0. The van der Waals surface area contributed by atoms with Gasteiger partial charge in [0.25, 0.3) is 0 Å². The second-order valence-corrected chi connectivity index (χ2v) is 6.67. The number of carbonyl (C=O) groups is 1. The monoisotopic (exact) mass is 248 g/mol. The molecule has 88 valence electrons. The molecule has 0 amide bonds. The fourth-order valence-electron chi connectivity index (χ4n) is 1.59. The number of thioether (sulfide) groups is 2. The number of hydrogen-bond acceptors (Lipinski definition) is 4. The summed E-state index contributed by atoms with van der Waals surface area (Å²) in [6, 6.07) is 0. The van der Waals surface area contributed by atoms with Crippen molar-refractivity contribution in [2.24, 2.45) is 0 Å². The molecule has 0 aromatic heterocycles. The Balaban J connectivity index is 2.61. The fourth-order valence-corrected chi connectivity index (χ4v) is 4.77. The molecule has 1 aliphatic rings. The van der Waals surface area contributed by atoms with Gasteiger partial charge in [-0.15, -0.1) is 23.5 Å². The average molecular weight is 248 g/mol. The Morgan fingerprint density at radius 2 is 2.00 bits per heavy atom. The third kappa shape index (κ3) is 3.59. The SMILES string of the molecule is CCCCC1(C(=O)OCC)SCCCS1. The fraction of sp³-hybridized carbons (Fsp3) is 0.909. The summed E-state index contributed by atoms with van der Waals surface area (Å²) in [5.41, 5.74) is 0. The molecule has 0 bridgehead atoms. The van der Waals surface area contributed by atoms with Gasteiger partial charge in [0.05, 0.1) is 6.61 Å². The summed E-state index contributed by atoms with van der Waals surface area (Å²) < 4.78 is 4.91. The molecule has 0 unspecified atom stereocenters. The Morgan fingerprint density at radius 1 is 1.33 bits per heavy atom. The van der Waals surface area contributed by atoms with Crippen molar-refractivity contribution in [2.75, 3.05) is 18.1 Å². The topological polar surface area (TPSA) is 26.3 Å². The van der Waals surface area contributed by atoms with Crippen LogP contribution in [0.3, 0.4) is 0 Å². The molecule has 1 aliphatic heterocycles. The van der Waals surface area contributed by atoms with Gasteiger partial charge in [-0.05, 0) is 31.3 Å². The molecule has 1 fully saturated rings. The van der Waals surface area contributed by atoms with Crippen LogP contribution in [0.2, 0.25) is 0 Å². The first kappa shape index (κ1) is 13.2. The summed E-state index contributed by atoms with van der Waals surface area (Å²) >= 11 is 3.57. The second kappa shape index (κ2) is 6.69. The smallest absolute Gasteiger partial charge is 0.332 e. The van der Waals surface area contributed by atoms with Crippen molar-refractivity contribution in [1.29, 1.82) is 0 Å². The van der Waals surface area contributed by atoms with Crippen LogP contribution in [0, 0.1) is 0 Å². The molecule has 1 saturated heterocycles. The first-order valence-electron chi connectivity index (χ1n) is 5.70. The van der Waals surface area contributed by atoms with Crippen LogP contribution in [-0.2, 0) is 9.53 Å². The summed E-state index contributed by atoms with van der Waals surface area (Å²) in [5, 5.41) is 0. The lowest BCUT2D eigenvalue weighted by atomic mass is 10.2. The minimum absolute atomic E-state index is 0.00634. The number of unbranched alkanes of at least 4 members (excludes halogenated alkanes) is 1. The summed E-state index contributed by atoms with van der Waals surface area (Å²) in [5.74, 6) is 2.18. The van der Waals surface area contributed by atoms with E-state index in [1.807, 2.05) is 6.92 Å². The molecule has 0 aromatic carbocycles. The molecular formula is C11H20O2S2. The Hall–Kier alpha value is 0.170. The number of carbonyl (C=O) groups excluding carboxylic acids is 1. The van der Waals surface area contributed by atoms with Gasteiger partial charge in [0.1, 0.15) is 0 Å². The van der Waals surface area contributed by atoms with Crippen LogP contribution < -0.4 is 0 Å². The molecule has 2 nitrogen and oxygen atoms in total. The Morgan fingerprint density at radius 3 is 2.53 bits per heavy atom. The first-order chi connectivity index (χ1) is 7.25. The van der Waals surface area contributed by atoms with E-state index < -0.39 is 0 Å². The normalized spacial score (nSPS) is 19.9. The minimum atomic E-state index is -0.287. The number of ether oxygens (including phenoxy) is 1. The van der Waals surface area contributed by atoms with E-state index in [9.17, 15) is 4.79 Å². The van der Waals surface area contributed by atoms with E-state index in [4.69, 9.17) is 4.74 Å². The zero-order valence-corrected chi connectivity index (χ0v) is 11.2. The van der Waals surface area contributed by atoms with Crippen molar-refractivity contribution in [3.8, 4) is 0 Å². The van der Waals surface area contributed by atoms with Gasteiger partial charge >= 0.3 is 5.97 Å². The highest BCUT2D eigenvalue weighted by Gasteiger charge is 2.42. The van der Waals surface area contributed by atoms with E-state index >= 15 is 0 Å². The molecule has 1 heterocycles. The van der Waals surface area contributed by atoms with Crippen molar-refractivity contribution >= 4 is 29.5 Å². The minimum Gasteiger partial charge on any atom is -0.464 e. The lowest BCUT2D eigenvalue weighted by molar-refractivity contribution is -0.143. The lowest BCUT2D eigenvalue weighted by Crippen LogP contribution is -2.36. The molecule has 15 heavy (non-hydrogen) atoms. The summed E-state index contributed by atoms with van der Waals surface area (Å²) in [6.45, 7) is 4.54. The second-order valence-electron chi connectivity index (χ2n) is 3.63. The molecule has 0 saturated carbocycles. The highest BCUT2D eigenvalue weighted by molar-refractivity contribution is 8.19. The molecular weight excluding hydrogens is 228 g/mol. The third-order valence-electron chi connectivity index (χ3n) is 2.41. The van der Waals surface area contributed by atoms with Crippen LogP contribution >= 0.6 is 23.5 Å². The zero-order valence-electron chi connectivity index (χ0n) is 9.58. The van der Waals surface area contributed by atoms with Gasteiger partial charge in [-0.25, -0.2) is 4.79 Å². The van der Waals surface area contributed by atoms with Gasteiger partial charge in [0, 0.05) is 0 Å². The predicted octanol–water partition coefficient (Wildman–Crippen LogP) is 3.31. The maximum absolute atomic E-state index is 12.0. The van der Waals surface area contributed by atoms with Crippen LogP contribution in [0.5, 0.6) is 0 Å². The van der Waals surface area contributed by atoms with Crippen LogP contribution in [0.15, 0.2) is 0 Å². The van der Waals surface area contributed by atoms with Gasteiger partial charge in [-0.1, -0.05) is 19.8 Å². The van der Waals surface area contributed by atoms with E-state index in [0.29, 0.717) is 6.61 Å². The summed E-state index contributed by atoms with van der Waals surface area (Å²) in [6.07, 6.45) is 4.42. The van der Waals surface area contributed by atoms with E-state index in [2.05, 4.69) is 6.92 Å². The number of esters is 1. The first-order valence-corrected chi connectivity index (χ1v) is 7.67. The third-order valence-corrected chi connectivity index (χ3v) is 5.77. The Labute approximate surface area is 101 Å². The van der Waals surface area contributed by atoms with Crippen molar-refractivity contribution < 1.29 is 9.53 Å². The Kier molecular flexibility index (Phi) is 5.90. The average Bonchev–Trinajstić information content (AvgIpc) is 2.28. The lowest BCUT2D eigenvalue weighted by Gasteiger charge is -2.33. The molecule has 0 atom stereocenters. The van der Waals surface area contributed by atoms with E-state index in [0.717, 1.165) is 30.8 Å². The predicted molar refractivity (Wildman–Crippen MR) is 68.4 cm³/mol. The molecule has 0 spiro atoms. The molecule has 1 rings (SSSR count). The largest absolute Gasteiger partial charge is 0.464 e. The van der Waals surface area contributed by atoms with Gasteiger partial charge in [-0.3, -0.25) is 0 Å². The van der Waals surface area contributed by atoms with Gasteiger partial charge < -0.3 is 4.74 Å². The zero-order chi connectivity index (χ0) is 11.1. The maximum Gasteiger partial charge on any atom is 0.332 e. The van der Waals surface area contributed by atoms with Gasteiger partial charge in [-0.2, -0.15) is 0 Å². The number of rotatable bonds is 5.